The molecule has 1 heterocycles. The Balaban J connectivity index is 1.83. The molecule has 0 saturated carbocycles. The summed E-state index contributed by atoms with van der Waals surface area (Å²) >= 11 is 5.40. The van der Waals surface area contributed by atoms with E-state index in [1.54, 1.807) is 0 Å². The number of thioether (sulfide) groups is 1. The number of ether oxygens (including phenoxy) is 1. The number of nitrogens with two attached hydrogens (primary N) is 1. The second kappa shape index (κ2) is 6.78. The van der Waals surface area contributed by atoms with Crippen molar-refractivity contribution < 1.29 is 4.74 Å². The van der Waals surface area contributed by atoms with Crippen LogP contribution in [0.3, 0.4) is 0 Å². The molecule has 0 aliphatic carbocycles. The maximum atomic E-state index is 6.25. The number of rotatable bonds is 4. The van der Waals surface area contributed by atoms with E-state index in [0.717, 1.165) is 36.3 Å². The standard InChI is InChI=1S/C13H18BrNOS/c14-11-3-1-2-4-13(11)17-9-12(15)10-5-7-16-8-6-10/h1-4,10,12H,5-9,15H2. The molecule has 2 N–H and O–H groups in total. The lowest BCUT2D eigenvalue weighted by Crippen LogP contribution is -2.36. The highest BCUT2D eigenvalue weighted by Gasteiger charge is 2.21. The molecule has 1 fully saturated rings. The Kier molecular flexibility index (Phi) is 5.35. The molecule has 1 aliphatic heterocycles. The van der Waals surface area contributed by atoms with Crippen molar-refractivity contribution in [2.75, 3.05) is 19.0 Å². The van der Waals surface area contributed by atoms with E-state index in [2.05, 4.69) is 34.1 Å². The Morgan fingerprint density at radius 3 is 2.76 bits per heavy atom. The van der Waals surface area contributed by atoms with Crippen molar-refractivity contribution in [2.45, 2.75) is 23.8 Å². The molecule has 2 nitrogen and oxygen atoms in total. The van der Waals surface area contributed by atoms with Gasteiger partial charge in [0.1, 0.15) is 0 Å². The third-order valence-electron chi connectivity index (χ3n) is 3.14. The van der Waals surface area contributed by atoms with Gasteiger partial charge < -0.3 is 10.5 Å². The molecule has 1 saturated heterocycles. The Bertz CT molecular complexity index is 355. The van der Waals surface area contributed by atoms with E-state index >= 15 is 0 Å². The zero-order valence-corrected chi connectivity index (χ0v) is 12.2. The summed E-state index contributed by atoms with van der Waals surface area (Å²) in [6.45, 7) is 1.75. The first kappa shape index (κ1) is 13.4. The van der Waals surface area contributed by atoms with Gasteiger partial charge in [0.15, 0.2) is 0 Å². The second-order valence-corrected chi connectivity index (χ2v) is 6.27. The second-order valence-electron chi connectivity index (χ2n) is 4.36. The van der Waals surface area contributed by atoms with Crippen LogP contribution in [-0.2, 0) is 4.74 Å². The summed E-state index contributed by atoms with van der Waals surface area (Å²) in [4.78, 5) is 1.27. The van der Waals surface area contributed by atoms with Crippen LogP contribution in [0, 0.1) is 5.92 Å². The molecule has 1 aromatic carbocycles. The summed E-state index contributed by atoms with van der Waals surface area (Å²) in [7, 11) is 0. The lowest BCUT2D eigenvalue weighted by molar-refractivity contribution is 0.0607. The fraction of sp³-hybridized carbons (Fsp3) is 0.538. The average molecular weight is 316 g/mol. The fourth-order valence-corrected chi connectivity index (χ4v) is 3.68. The number of hydrogen-bond donors (Lipinski definition) is 1. The third-order valence-corrected chi connectivity index (χ3v) is 5.31. The summed E-state index contributed by atoms with van der Waals surface area (Å²) in [5.41, 5.74) is 6.25. The van der Waals surface area contributed by atoms with Crippen LogP contribution in [0.1, 0.15) is 12.8 Å². The molecule has 2 rings (SSSR count). The van der Waals surface area contributed by atoms with E-state index in [4.69, 9.17) is 10.5 Å². The molecule has 1 aliphatic rings. The summed E-state index contributed by atoms with van der Waals surface area (Å²) in [6.07, 6.45) is 2.22. The van der Waals surface area contributed by atoms with Crippen LogP contribution in [0.2, 0.25) is 0 Å². The molecular formula is C13H18BrNOS. The van der Waals surface area contributed by atoms with E-state index in [9.17, 15) is 0 Å². The van der Waals surface area contributed by atoms with Gasteiger partial charge >= 0.3 is 0 Å². The minimum atomic E-state index is 0.274. The van der Waals surface area contributed by atoms with Gasteiger partial charge in [0.25, 0.3) is 0 Å². The quantitative estimate of drug-likeness (QED) is 0.866. The molecule has 4 heteroatoms. The molecule has 1 unspecified atom stereocenters. The highest BCUT2D eigenvalue weighted by molar-refractivity contribution is 9.10. The predicted octanol–water partition coefficient (Wildman–Crippen LogP) is 3.30. The highest BCUT2D eigenvalue weighted by atomic mass is 79.9. The van der Waals surface area contributed by atoms with Gasteiger partial charge in [0.2, 0.25) is 0 Å². The van der Waals surface area contributed by atoms with Crippen LogP contribution < -0.4 is 5.73 Å². The smallest absolute Gasteiger partial charge is 0.0469 e. The molecule has 94 valence electrons. The van der Waals surface area contributed by atoms with E-state index < -0.39 is 0 Å². The van der Waals surface area contributed by atoms with Crippen LogP contribution in [0.5, 0.6) is 0 Å². The Morgan fingerprint density at radius 1 is 1.35 bits per heavy atom. The van der Waals surface area contributed by atoms with Gasteiger partial charge in [-0.2, -0.15) is 0 Å². The van der Waals surface area contributed by atoms with Crippen LogP contribution in [-0.4, -0.2) is 25.0 Å². The van der Waals surface area contributed by atoms with Crippen molar-refractivity contribution >= 4 is 27.7 Å². The number of hydrogen-bond acceptors (Lipinski definition) is 3. The largest absolute Gasteiger partial charge is 0.381 e. The van der Waals surface area contributed by atoms with E-state index in [1.165, 1.54) is 4.90 Å². The van der Waals surface area contributed by atoms with Crippen molar-refractivity contribution in [1.29, 1.82) is 0 Å². The van der Waals surface area contributed by atoms with Gasteiger partial charge in [-0.05, 0) is 46.8 Å². The molecule has 17 heavy (non-hydrogen) atoms. The van der Waals surface area contributed by atoms with Gasteiger partial charge in [0, 0.05) is 34.4 Å². The van der Waals surface area contributed by atoms with Crippen molar-refractivity contribution in [3.05, 3.63) is 28.7 Å². The zero-order valence-electron chi connectivity index (χ0n) is 9.77. The summed E-state index contributed by atoms with van der Waals surface area (Å²) < 4.78 is 6.52. The molecule has 0 aromatic heterocycles. The van der Waals surface area contributed by atoms with Gasteiger partial charge in [-0.3, -0.25) is 0 Å². The van der Waals surface area contributed by atoms with Crippen molar-refractivity contribution in [3.63, 3.8) is 0 Å². The topological polar surface area (TPSA) is 35.2 Å². The lowest BCUT2D eigenvalue weighted by Gasteiger charge is -2.27. The van der Waals surface area contributed by atoms with Crippen LogP contribution in [0.15, 0.2) is 33.6 Å². The number of benzene rings is 1. The molecule has 1 atom stereocenters. The third kappa shape index (κ3) is 3.98. The van der Waals surface area contributed by atoms with Crippen LogP contribution in [0.25, 0.3) is 0 Å². The Morgan fingerprint density at radius 2 is 2.06 bits per heavy atom. The van der Waals surface area contributed by atoms with E-state index in [1.807, 2.05) is 17.8 Å². The molecular weight excluding hydrogens is 298 g/mol. The first-order chi connectivity index (χ1) is 8.27. The summed E-state index contributed by atoms with van der Waals surface area (Å²) in [6, 6.07) is 8.57. The van der Waals surface area contributed by atoms with Crippen molar-refractivity contribution in [3.8, 4) is 0 Å². The van der Waals surface area contributed by atoms with Crippen molar-refractivity contribution in [1.82, 2.24) is 0 Å². The van der Waals surface area contributed by atoms with E-state index in [-0.39, 0.29) is 6.04 Å². The first-order valence-corrected chi connectivity index (χ1v) is 7.76. The molecule has 0 radical (unpaired) electrons. The van der Waals surface area contributed by atoms with Crippen molar-refractivity contribution in [2.24, 2.45) is 11.7 Å². The van der Waals surface area contributed by atoms with Gasteiger partial charge in [0.05, 0.1) is 0 Å². The molecule has 0 amide bonds. The predicted molar refractivity (Wildman–Crippen MR) is 76.4 cm³/mol. The SMILES string of the molecule is NC(CSc1ccccc1Br)C1CCOCC1. The minimum absolute atomic E-state index is 0.274. The van der Waals surface area contributed by atoms with Crippen LogP contribution in [0.4, 0.5) is 0 Å². The summed E-state index contributed by atoms with van der Waals surface area (Å²) in [5, 5.41) is 0. The lowest BCUT2D eigenvalue weighted by atomic mass is 9.94. The maximum Gasteiger partial charge on any atom is 0.0469 e. The van der Waals surface area contributed by atoms with Gasteiger partial charge in [-0.15, -0.1) is 11.8 Å². The minimum Gasteiger partial charge on any atom is -0.381 e. The van der Waals surface area contributed by atoms with Gasteiger partial charge in [-0.1, -0.05) is 12.1 Å². The average Bonchev–Trinajstić information content (AvgIpc) is 2.38. The fourth-order valence-electron chi connectivity index (χ4n) is 2.03. The Labute approximate surface area is 115 Å². The maximum absolute atomic E-state index is 6.25. The van der Waals surface area contributed by atoms with E-state index in [0.29, 0.717) is 5.92 Å². The van der Waals surface area contributed by atoms with Crippen LogP contribution >= 0.6 is 27.7 Å². The monoisotopic (exact) mass is 315 g/mol. The molecule has 1 aromatic rings. The van der Waals surface area contributed by atoms with Gasteiger partial charge in [-0.25, -0.2) is 0 Å². The normalized spacial score (nSPS) is 19.2. The highest BCUT2D eigenvalue weighted by Crippen LogP contribution is 2.29. The molecule has 0 spiro atoms. The Hall–Kier alpha value is -0.0300. The number of halogens is 1. The first-order valence-electron chi connectivity index (χ1n) is 5.98. The zero-order chi connectivity index (χ0) is 12.1. The molecule has 0 bridgehead atoms. The summed E-state index contributed by atoms with van der Waals surface area (Å²) in [5.74, 6) is 1.60.